The number of hydrogen-bond donors (Lipinski definition) is 1. The van der Waals surface area contributed by atoms with Gasteiger partial charge in [0, 0.05) is 5.69 Å². The molecule has 18 heavy (non-hydrogen) atoms. The van der Waals surface area contributed by atoms with E-state index in [1.807, 2.05) is 0 Å². The molecule has 0 aromatic carbocycles. The molecule has 0 atom stereocenters. The molecule has 3 nitrogen and oxygen atoms in total. The van der Waals surface area contributed by atoms with Gasteiger partial charge in [-0.05, 0) is 36.6 Å². The van der Waals surface area contributed by atoms with Gasteiger partial charge in [0.05, 0.1) is 10.6 Å². The van der Waals surface area contributed by atoms with Crippen LogP contribution in [-0.2, 0) is 6.42 Å². The fraction of sp³-hybridized carbons (Fsp3) is 0.571. The predicted octanol–water partition coefficient (Wildman–Crippen LogP) is 3.87. The lowest BCUT2D eigenvalue weighted by atomic mass is 10.2. The van der Waals surface area contributed by atoms with Crippen molar-refractivity contribution in [1.29, 1.82) is 0 Å². The highest BCUT2D eigenvalue weighted by Crippen LogP contribution is 2.21. The molecule has 100 valence electrons. The lowest BCUT2D eigenvalue weighted by molar-refractivity contribution is 0.0696. The second-order valence-electron chi connectivity index (χ2n) is 4.77. The molecule has 0 saturated carbocycles. The number of carboxylic acid groups (broad SMARTS) is 1. The van der Waals surface area contributed by atoms with Crippen LogP contribution in [0.25, 0.3) is 0 Å². The zero-order chi connectivity index (χ0) is 13.5. The molecule has 0 aliphatic carbocycles. The first-order valence-electron chi connectivity index (χ1n) is 6.40. The van der Waals surface area contributed by atoms with Crippen molar-refractivity contribution in [3.05, 3.63) is 23.4 Å². The second-order valence-corrected chi connectivity index (χ2v) is 5.89. The summed E-state index contributed by atoms with van der Waals surface area (Å²) in [6.45, 7) is 6.44. The smallest absolute Gasteiger partial charge is 0.335 e. The van der Waals surface area contributed by atoms with E-state index in [1.165, 1.54) is 0 Å². The number of aromatic nitrogens is 1. The summed E-state index contributed by atoms with van der Waals surface area (Å²) in [6.07, 6.45) is 2.93. The van der Waals surface area contributed by atoms with Gasteiger partial charge in [-0.15, -0.1) is 11.8 Å². The van der Waals surface area contributed by atoms with E-state index < -0.39 is 5.97 Å². The third kappa shape index (κ3) is 5.08. The van der Waals surface area contributed by atoms with Gasteiger partial charge in [-0.1, -0.05) is 27.2 Å². The molecule has 0 aliphatic rings. The Morgan fingerprint density at radius 1 is 1.44 bits per heavy atom. The SMILES string of the molecule is CCCc1cc(C(=O)O)cc(SCCC(C)C)n1. The largest absolute Gasteiger partial charge is 0.478 e. The Bertz CT molecular complexity index is 405. The number of aryl methyl sites for hydroxylation is 1. The van der Waals surface area contributed by atoms with Crippen molar-refractivity contribution in [2.75, 3.05) is 5.75 Å². The van der Waals surface area contributed by atoms with E-state index in [-0.39, 0.29) is 0 Å². The molecular formula is C14H21NO2S. The zero-order valence-corrected chi connectivity index (χ0v) is 12.1. The average Bonchev–Trinajstić information content (AvgIpc) is 2.28. The molecule has 0 bridgehead atoms. The molecule has 1 aromatic heterocycles. The van der Waals surface area contributed by atoms with Crippen LogP contribution in [0.3, 0.4) is 0 Å². The van der Waals surface area contributed by atoms with E-state index in [0.717, 1.165) is 35.7 Å². The van der Waals surface area contributed by atoms with Gasteiger partial charge >= 0.3 is 5.97 Å². The Labute approximate surface area is 113 Å². The van der Waals surface area contributed by atoms with E-state index >= 15 is 0 Å². The summed E-state index contributed by atoms with van der Waals surface area (Å²) in [4.78, 5) is 15.6. The van der Waals surface area contributed by atoms with Gasteiger partial charge in [-0.3, -0.25) is 0 Å². The van der Waals surface area contributed by atoms with Crippen molar-refractivity contribution >= 4 is 17.7 Å². The van der Waals surface area contributed by atoms with Crippen molar-refractivity contribution in [3.8, 4) is 0 Å². The van der Waals surface area contributed by atoms with Gasteiger partial charge in [0.25, 0.3) is 0 Å². The van der Waals surface area contributed by atoms with Crippen LogP contribution >= 0.6 is 11.8 Å². The quantitative estimate of drug-likeness (QED) is 0.762. The monoisotopic (exact) mass is 267 g/mol. The molecule has 1 N–H and O–H groups in total. The molecule has 0 radical (unpaired) electrons. The van der Waals surface area contributed by atoms with Crippen LogP contribution in [0.15, 0.2) is 17.2 Å². The summed E-state index contributed by atoms with van der Waals surface area (Å²) in [5.74, 6) is 0.773. The van der Waals surface area contributed by atoms with Crippen LogP contribution < -0.4 is 0 Å². The number of carbonyl (C=O) groups is 1. The van der Waals surface area contributed by atoms with Crippen molar-refractivity contribution < 1.29 is 9.90 Å². The van der Waals surface area contributed by atoms with Crippen LogP contribution in [0.4, 0.5) is 0 Å². The minimum atomic E-state index is -0.875. The Kier molecular flexibility index (Phi) is 6.19. The third-order valence-electron chi connectivity index (χ3n) is 2.55. The lowest BCUT2D eigenvalue weighted by Crippen LogP contribution is -2.01. The van der Waals surface area contributed by atoms with Gasteiger partial charge in [0.15, 0.2) is 0 Å². The van der Waals surface area contributed by atoms with Crippen LogP contribution in [0.5, 0.6) is 0 Å². The Balaban J connectivity index is 2.79. The molecule has 1 aromatic rings. The lowest BCUT2D eigenvalue weighted by Gasteiger charge is -2.07. The minimum Gasteiger partial charge on any atom is -0.478 e. The van der Waals surface area contributed by atoms with Crippen LogP contribution in [0.1, 0.15) is 49.7 Å². The summed E-state index contributed by atoms with van der Waals surface area (Å²) in [7, 11) is 0. The summed E-state index contributed by atoms with van der Waals surface area (Å²) >= 11 is 1.65. The Morgan fingerprint density at radius 3 is 2.72 bits per heavy atom. The number of pyridine rings is 1. The zero-order valence-electron chi connectivity index (χ0n) is 11.3. The molecule has 0 amide bonds. The molecule has 1 rings (SSSR count). The van der Waals surface area contributed by atoms with E-state index in [9.17, 15) is 4.79 Å². The highest BCUT2D eigenvalue weighted by Gasteiger charge is 2.08. The molecule has 0 fully saturated rings. The number of thioether (sulfide) groups is 1. The second kappa shape index (κ2) is 7.41. The standard InChI is InChI=1S/C14H21NO2S/c1-4-5-12-8-11(14(16)17)9-13(15-12)18-7-6-10(2)3/h8-10H,4-7H2,1-3H3,(H,16,17). The van der Waals surface area contributed by atoms with Crippen molar-refractivity contribution in [2.45, 2.75) is 45.1 Å². The van der Waals surface area contributed by atoms with Gasteiger partial charge in [-0.2, -0.15) is 0 Å². The normalized spacial score (nSPS) is 10.9. The van der Waals surface area contributed by atoms with Crippen LogP contribution in [-0.4, -0.2) is 21.8 Å². The minimum absolute atomic E-state index is 0.348. The summed E-state index contributed by atoms with van der Waals surface area (Å²) in [5, 5.41) is 9.91. The van der Waals surface area contributed by atoms with E-state index in [1.54, 1.807) is 23.9 Å². The first kappa shape index (κ1) is 15.0. The van der Waals surface area contributed by atoms with Gasteiger partial charge < -0.3 is 5.11 Å². The number of rotatable bonds is 7. The number of aromatic carboxylic acids is 1. The average molecular weight is 267 g/mol. The first-order valence-corrected chi connectivity index (χ1v) is 7.38. The third-order valence-corrected chi connectivity index (χ3v) is 3.50. The topological polar surface area (TPSA) is 50.2 Å². The van der Waals surface area contributed by atoms with Gasteiger partial charge in [-0.25, -0.2) is 9.78 Å². The molecular weight excluding hydrogens is 246 g/mol. The van der Waals surface area contributed by atoms with E-state index in [0.29, 0.717) is 11.5 Å². The van der Waals surface area contributed by atoms with Crippen LogP contribution in [0.2, 0.25) is 0 Å². The molecule has 0 spiro atoms. The van der Waals surface area contributed by atoms with Crippen molar-refractivity contribution in [2.24, 2.45) is 5.92 Å². The van der Waals surface area contributed by atoms with Crippen molar-refractivity contribution in [3.63, 3.8) is 0 Å². The summed E-state index contributed by atoms with van der Waals surface area (Å²) in [5.41, 5.74) is 1.23. The fourth-order valence-electron chi connectivity index (χ4n) is 1.54. The predicted molar refractivity (Wildman–Crippen MR) is 75.4 cm³/mol. The Hall–Kier alpha value is -1.03. The molecule has 1 heterocycles. The highest BCUT2D eigenvalue weighted by molar-refractivity contribution is 7.99. The molecule has 4 heteroatoms. The van der Waals surface area contributed by atoms with Crippen LogP contribution in [0, 0.1) is 5.92 Å². The molecule has 0 aliphatic heterocycles. The van der Waals surface area contributed by atoms with Crippen molar-refractivity contribution in [1.82, 2.24) is 4.98 Å². The Morgan fingerprint density at radius 2 is 2.17 bits per heavy atom. The fourth-order valence-corrected chi connectivity index (χ4v) is 2.73. The summed E-state index contributed by atoms with van der Waals surface area (Å²) in [6, 6.07) is 3.35. The van der Waals surface area contributed by atoms with Gasteiger partial charge in [0.1, 0.15) is 0 Å². The van der Waals surface area contributed by atoms with E-state index in [4.69, 9.17) is 5.11 Å². The molecule has 0 saturated heterocycles. The first-order chi connectivity index (χ1) is 8.52. The maximum Gasteiger partial charge on any atom is 0.335 e. The summed E-state index contributed by atoms with van der Waals surface area (Å²) < 4.78 is 0. The maximum absolute atomic E-state index is 11.1. The van der Waals surface area contributed by atoms with Gasteiger partial charge in [0.2, 0.25) is 0 Å². The highest BCUT2D eigenvalue weighted by atomic mass is 32.2. The number of nitrogens with zero attached hydrogens (tertiary/aromatic N) is 1. The van der Waals surface area contributed by atoms with E-state index in [2.05, 4.69) is 25.8 Å². The number of carboxylic acids is 1. The maximum atomic E-state index is 11.1. The number of hydrogen-bond acceptors (Lipinski definition) is 3. The molecule has 0 unspecified atom stereocenters.